The molecule has 0 amide bonds. The molecule has 1 saturated heterocycles. The number of hydrogen-bond donors (Lipinski definition) is 0. The van der Waals surface area contributed by atoms with Crippen LogP contribution >= 0.6 is 0 Å². The third-order valence-corrected chi connectivity index (χ3v) is 4.11. The van der Waals surface area contributed by atoms with Crippen LogP contribution in [0, 0.1) is 12.3 Å². The summed E-state index contributed by atoms with van der Waals surface area (Å²) in [6.07, 6.45) is 8.75. The molecule has 0 aliphatic carbocycles. The van der Waals surface area contributed by atoms with E-state index in [4.69, 9.17) is 15.9 Å². The zero-order valence-electron chi connectivity index (χ0n) is 14.0. The van der Waals surface area contributed by atoms with Crippen molar-refractivity contribution in [3.63, 3.8) is 0 Å². The van der Waals surface area contributed by atoms with Crippen molar-refractivity contribution in [3.05, 3.63) is 11.8 Å². The maximum absolute atomic E-state index is 11.7. The molecule has 0 aromatic carbocycles. The summed E-state index contributed by atoms with van der Waals surface area (Å²) >= 11 is 0. The quantitative estimate of drug-likeness (QED) is 0.346. The molecular formula is C17H27NO3. The van der Waals surface area contributed by atoms with Gasteiger partial charge in [-0.2, -0.15) is 0 Å². The van der Waals surface area contributed by atoms with Crippen LogP contribution in [-0.2, 0) is 14.3 Å². The standard InChI is InChI=1S/C17H27NO3/c1-8-10-18-16(3,4)11-13(12-17(18,5)6)21-14(9-2)15(19)20-7/h1,9,13H,10-12H2,2-7H3. The van der Waals surface area contributed by atoms with Crippen LogP contribution in [0.1, 0.15) is 47.5 Å². The smallest absolute Gasteiger partial charge is 0.372 e. The fraction of sp³-hybridized carbons (Fsp3) is 0.706. The van der Waals surface area contributed by atoms with E-state index in [0.29, 0.717) is 6.54 Å². The minimum atomic E-state index is -0.431. The van der Waals surface area contributed by atoms with E-state index in [1.54, 1.807) is 13.0 Å². The van der Waals surface area contributed by atoms with E-state index in [0.717, 1.165) is 12.8 Å². The molecule has 0 aromatic rings. The molecule has 118 valence electrons. The molecule has 4 nitrogen and oxygen atoms in total. The number of nitrogens with zero attached hydrogens (tertiary/aromatic N) is 1. The zero-order chi connectivity index (χ0) is 16.3. The van der Waals surface area contributed by atoms with Gasteiger partial charge in [-0.05, 0) is 40.7 Å². The SMILES string of the molecule is C#CCN1C(C)(C)CC(OC(=CC)C(=O)OC)CC1(C)C. The van der Waals surface area contributed by atoms with Crippen molar-refractivity contribution in [1.82, 2.24) is 4.90 Å². The van der Waals surface area contributed by atoms with Gasteiger partial charge in [0.2, 0.25) is 5.76 Å². The van der Waals surface area contributed by atoms with Crippen LogP contribution in [0.2, 0.25) is 0 Å². The first-order valence-corrected chi connectivity index (χ1v) is 7.30. The number of rotatable bonds is 4. The average Bonchev–Trinajstić information content (AvgIpc) is 2.38. The summed E-state index contributed by atoms with van der Waals surface area (Å²) < 4.78 is 10.6. The second-order valence-corrected chi connectivity index (χ2v) is 6.71. The van der Waals surface area contributed by atoms with Crippen LogP contribution in [0.5, 0.6) is 0 Å². The van der Waals surface area contributed by atoms with Crippen molar-refractivity contribution in [1.29, 1.82) is 0 Å². The van der Waals surface area contributed by atoms with Crippen LogP contribution in [0.3, 0.4) is 0 Å². The van der Waals surface area contributed by atoms with Crippen molar-refractivity contribution in [3.8, 4) is 12.3 Å². The highest BCUT2D eigenvalue weighted by Crippen LogP contribution is 2.39. The number of allylic oxidation sites excluding steroid dienone is 1. The number of likely N-dealkylation sites (tertiary alicyclic amines) is 1. The van der Waals surface area contributed by atoms with Gasteiger partial charge in [0.15, 0.2) is 0 Å². The number of methoxy groups -OCH3 is 1. The predicted octanol–water partition coefficient (Wildman–Crippen LogP) is 2.73. The number of terminal acetylenes is 1. The van der Waals surface area contributed by atoms with Gasteiger partial charge in [-0.3, -0.25) is 4.90 Å². The van der Waals surface area contributed by atoms with E-state index in [1.165, 1.54) is 7.11 Å². The number of ether oxygens (including phenoxy) is 2. The van der Waals surface area contributed by atoms with Gasteiger partial charge in [-0.1, -0.05) is 5.92 Å². The van der Waals surface area contributed by atoms with Gasteiger partial charge in [0, 0.05) is 23.9 Å². The Labute approximate surface area is 128 Å². The summed E-state index contributed by atoms with van der Waals surface area (Å²) in [5, 5.41) is 0. The number of esters is 1. The van der Waals surface area contributed by atoms with Crippen molar-refractivity contribution in [2.75, 3.05) is 13.7 Å². The van der Waals surface area contributed by atoms with Crippen LogP contribution < -0.4 is 0 Å². The first kappa shape index (κ1) is 17.6. The molecule has 1 aliphatic rings. The van der Waals surface area contributed by atoms with E-state index in [1.807, 2.05) is 0 Å². The molecule has 1 heterocycles. The Morgan fingerprint density at radius 2 is 1.86 bits per heavy atom. The van der Waals surface area contributed by atoms with E-state index >= 15 is 0 Å². The number of piperidine rings is 1. The molecule has 0 N–H and O–H groups in total. The molecule has 1 fully saturated rings. The lowest BCUT2D eigenvalue weighted by molar-refractivity contribution is -0.144. The van der Waals surface area contributed by atoms with E-state index in [2.05, 4.69) is 38.5 Å². The fourth-order valence-electron chi connectivity index (χ4n) is 3.34. The Morgan fingerprint density at radius 3 is 2.24 bits per heavy atom. The van der Waals surface area contributed by atoms with Crippen molar-refractivity contribution in [2.24, 2.45) is 0 Å². The molecule has 0 saturated carbocycles. The number of carbonyl (C=O) groups excluding carboxylic acids is 1. The number of hydrogen-bond acceptors (Lipinski definition) is 4. The minimum absolute atomic E-state index is 0.0330. The summed E-state index contributed by atoms with van der Waals surface area (Å²) in [4.78, 5) is 14.0. The molecule has 1 rings (SSSR count). The average molecular weight is 293 g/mol. The van der Waals surface area contributed by atoms with Crippen LogP contribution in [-0.4, -0.2) is 41.7 Å². The van der Waals surface area contributed by atoms with Crippen molar-refractivity contribution >= 4 is 5.97 Å². The van der Waals surface area contributed by atoms with Gasteiger partial charge in [0.05, 0.1) is 13.7 Å². The summed E-state index contributed by atoms with van der Waals surface area (Å²) in [5.41, 5.74) is -0.179. The van der Waals surface area contributed by atoms with E-state index in [-0.39, 0.29) is 22.9 Å². The Balaban J connectivity index is 2.91. The second-order valence-electron chi connectivity index (χ2n) is 6.71. The molecule has 0 spiro atoms. The lowest BCUT2D eigenvalue weighted by Crippen LogP contribution is -2.62. The lowest BCUT2D eigenvalue weighted by Gasteiger charge is -2.54. The van der Waals surface area contributed by atoms with E-state index < -0.39 is 5.97 Å². The highest BCUT2D eigenvalue weighted by atomic mass is 16.6. The monoisotopic (exact) mass is 293 g/mol. The predicted molar refractivity (Wildman–Crippen MR) is 83.6 cm³/mol. The van der Waals surface area contributed by atoms with Gasteiger partial charge in [-0.25, -0.2) is 4.79 Å². The third kappa shape index (κ3) is 4.01. The molecular weight excluding hydrogens is 266 g/mol. The first-order valence-electron chi connectivity index (χ1n) is 7.30. The minimum Gasteiger partial charge on any atom is -0.483 e. The molecule has 0 atom stereocenters. The Kier molecular flexibility index (Phi) is 5.47. The first-order chi connectivity index (χ1) is 9.67. The van der Waals surface area contributed by atoms with Gasteiger partial charge in [-0.15, -0.1) is 6.42 Å². The molecule has 1 aliphatic heterocycles. The normalized spacial score (nSPS) is 22.4. The van der Waals surface area contributed by atoms with Gasteiger partial charge >= 0.3 is 5.97 Å². The summed E-state index contributed by atoms with van der Waals surface area (Å²) in [5.74, 6) is 2.59. The maximum Gasteiger partial charge on any atom is 0.372 e. The van der Waals surface area contributed by atoms with Crippen LogP contribution in [0.4, 0.5) is 0 Å². The fourth-order valence-corrected chi connectivity index (χ4v) is 3.34. The van der Waals surface area contributed by atoms with Crippen molar-refractivity contribution in [2.45, 2.75) is 64.6 Å². The van der Waals surface area contributed by atoms with Gasteiger partial charge < -0.3 is 9.47 Å². The molecule has 0 unspecified atom stereocenters. The largest absolute Gasteiger partial charge is 0.483 e. The lowest BCUT2D eigenvalue weighted by atomic mass is 9.78. The Morgan fingerprint density at radius 1 is 1.33 bits per heavy atom. The number of carbonyl (C=O) groups is 1. The third-order valence-electron chi connectivity index (χ3n) is 4.11. The van der Waals surface area contributed by atoms with Crippen LogP contribution in [0.25, 0.3) is 0 Å². The van der Waals surface area contributed by atoms with Crippen molar-refractivity contribution < 1.29 is 14.3 Å². The highest BCUT2D eigenvalue weighted by molar-refractivity contribution is 5.86. The van der Waals surface area contributed by atoms with Gasteiger partial charge in [0.1, 0.15) is 6.10 Å². The second kappa shape index (κ2) is 6.53. The van der Waals surface area contributed by atoms with Gasteiger partial charge in [0.25, 0.3) is 0 Å². The molecule has 4 heteroatoms. The Hall–Kier alpha value is -1.47. The molecule has 21 heavy (non-hydrogen) atoms. The molecule has 0 bridgehead atoms. The highest BCUT2D eigenvalue weighted by Gasteiger charge is 2.46. The van der Waals surface area contributed by atoms with Crippen LogP contribution in [0.15, 0.2) is 11.8 Å². The topological polar surface area (TPSA) is 38.8 Å². The summed E-state index contributed by atoms with van der Waals surface area (Å²) in [7, 11) is 1.36. The van der Waals surface area contributed by atoms with E-state index in [9.17, 15) is 4.79 Å². The molecule has 0 aromatic heterocycles. The summed E-state index contributed by atoms with van der Waals surface area (Å²) in [6.45, 7) is 11.0. The zero-order valence-corrected chi connectivity index (χ0v) is 14.0. The summed E-state index contributed by atoms with van der Waals surface area (Å²) in [6, 6.07) is 0. The molecule has 0 radical (unpaired) electrons. The maximum atomic E-state index is 11.7. The Bertz CT molecular complexity index is 439.